The molecule has 2 unspecified atom stereocenters. The van der Waals surface area contributed by atoms with E-state index in [2.05, 4.69) is 34.2 Å². The Kier molecular flexibility index (Phi) is 5.20. The van der Waals surface area contributed by atoms with E-state index in [1.165, 1.54) is 32.2 Å². The first-order valence-electron chi connectivity index (χ1n) is 7.18. The summed E-state index contributed by atoms with van der Waals surface area (Å²) in [6.07, 6.45) is 10.2. The van der Waals surface area contributed by atoms with Gasteiger partial charge in [0.1, 0.15) is 5.82 Å². The van der Waals surface area contributed by atoms with E-state index in [-0.39, 0.29) is 0 Å². The summed E-state index contributed by atoms with van der Waals surface area (Å²) in [5.74, 6) is 1.16. The third-order valence-electron chi connectivity index (χ3n) is 3.81. The Morgan fingerprint density at radius 3 is 3.11 bits per heavy atom. The van der Waals surface area contributed by atoms with Gasteiger partial charge < -0.3 is 15.2 Å². The lowest BCUT2D eigenvalue weighted by Crippen LogP contribution is -2.40. The van der Waals surface area contributed by atoms with Crippen LogP contribution in [0.2, 0.25) is 0 Å². The van der Waals surface area contributed by atoms with Gasteiger partial charge in [0.05, 0.1) is 0 Å². The molecular formula is C14H26N4. The number of piperidine rings is 1. The van der Waals surface area contributed by atoms with Crippen LogP contribution in [-0.4, -0.2) is 34.7 Å². The SMILES string of the molecule is CC(CC1CCCCN1)NCCc1nccn1C. The first-order chi connectivity index (χ1) is 8.75. The molecule has 0 spiro atoms. The monoisotopic (exact) mass is 250 g/mol. The van der Waals surface area contributed by atoms with Gasteiger partial charge in [0, 0.05) is 44.5 Å². The Hall–Kier alpha value is -0.870. The molecule has 2 heterocycles. The molecule has 2 rings (SSSR count). The van der Waals surface area contributed by atoms with Crippen LogP contribution in [0, 0.1) is 0 Å². The number of imidazole rings is 1. The molecule has 1 aromatic heterocycles. The van der Waals surface area contributed by atoms with Crippen molar-refractivity contribution < 1.29 is 0 Å². The minimum absolute atomic E-state index is 0.584. The zero-order valence-corrected chi connectivity index (χ0v) is 11.7. The van der Waals surface area contributed by atoms with Gasteiger partial charge in [-0.2, -0.15) is 0 Å². The summed E-state index contributed by atoms with van der Waals surface area (Å²) >= 11 is 0. The van der Waals surface area contributed by atoms with Crippen molar-refractivity contribution in [2.45, 2.75) is 51.1 Å². The minimum atomic E-state index is 0.584. The molecule has 0 amide bonds. The van der Waals surface area contributed by atoms with Crippen molar-refractivity contribution in [3.8, 4) is 0 Å². The number of rotatable bonds is 6. The van der Waals surface area contributed by atoms with Gasteiger partial charge in [-0.1, -0.05) is 6.42 Å². The van der Waals surface area contributed by atoms with Crippen LogP contribution >= 0.6 is 0 Å². The molecule has 4 heteroatoms. The molecular weight excluding hydrogens is 224 g/mol. The standard InChI is InChI=1S/C14H26N4/c1-12(11-13-5-3-4-7-16-13)15-8-6-14-17-9-10-18(14)2/h9-10,12-13,15-16H,3-8,11H2,1-2H3. The van der Waals surface area contributed by atoms with Gasteiger partial charge in [0.25, 0.3) is 0 Å². The van der Waals surface area contributed by atoms with Gasteiger partial charge in [0.15, 0.2) is 0 Å². The van der Waals surface area contributed by atoms with Crippen molar-refractivity contribution in [3.05, 3.63) is 18.2 Å². The Balaban J connectivity index is 1.62. The zero-order chi connectivity index (χ0) is 12.8. The summed E-state index contributed by atoms with van der Waals surface area (Å²) in [6.45, 7) is 4.50. The number of aryl methyl sites for hydroxylation is 1. The summed E-state index contributed by atoms with van der Waals surface area (Å²) in [4.78, 5) is 4.34. The summed E-state index contributed by atoms with van der Waals surface area (Å²) in [7, 11) is 2.05. The van der Waals surface area contributed by atoms with Crippen molar-refractivity contribution >= 4 is 0 Å². The van der Waals surface area contributed by atoms with Gasteiger partial charge in [-0.05, 0) is 32.7 Å². The van der Waals surface area contributed by atoms with Crippen LogP contribution in [0.1, 0.15) is 38.4 Å². The van der Waals surface area contributed by atoms with E-state index >= 15 is 0 Å². The highest BCUT2D eigenvalue weighted by Crippen LogP contribution is 2.11. The molecule has 2 N–H and O–H groups in total. The van der Waals surface area contributed by atoms with E-state index in [0.717, 1.165) is 24.8 Å². The van der Waals surface area contributed by atoms with E-state index in [1.54, 1.807) is 0 Å². The zero-order valence-electron chi connectivity index (χ0n) is 11.7. The summed E-state index contributed by atoms with van der Waals surface area (Å²) in [6, 6.07) is 1.30. The second-order valence-corrected chi connectivity index (χ2v) is 5.44. The normalized spacial score (nSPS) is 22.0. The lowest BCUT2D eigenvalue weighted by Gasteiger charge is -2.26. The number of nitrogens with zero attached hydrogens (tertiary/aromatic N) is 2. The summed E-state index contributed by atoms with van der Waals surface area (Å²) in [5, 5.41) is 7.21. The molecule has 1 aliphatic rings. The van der Waals surface area contributed by atoms with E-state index in [9.17, 15) is 0 Å². The first kappa shape index (κ1) is 13.6. The third kappa shape index (κ3) is 4.10. The predicted molar refractivity (Wildman–Crippen MR) is 74.6 cm³/mol. The molecule has 0 radical (unpaired) electrons. The van der Waals surface area contributed by atoms with E-state index in [0.29, 0.717) is 6.04 Å². The lowest BCUT2D eigenvalue weighted by atomic mass is 9.99. The fourth-order valence-corrected chi connectivity index (χ4v) is 2.70. The molecule has 18 heavy (non-hydrogen) atoms. The molecule has 0 bridgehead atoms. The van der Waals surface area contributed by atoms with Crippen molar-refractivity contribution in [1.82, 2.24) is 20.2 Å². The largest absolute Gasteiger partial charge is 0.338 e. The fraction of sp³-hybridized carbons (Fsp3) is 0.786. The van der Waals surface area contributed by atoms with Crippen molar-refractivity contribution in [2.75, 3.05) is 13.1 Å². The maximum Gasteiger partial charge on any atom is 0.109 e. The van der Waals surface area contributed by atoms with Crippen LogP contribution in [0.3, 0.4) is 0 Å². The van der Waals surface area contributed by atoms with Crippen LogP contribution in [0.15, 0.2) is 12.4 Å². The third-order valence-corrected chi connectivity index (χ3v) is 3.81. The van der Waals surface area contributed by atoms with Gasteiger partial charge in [-0.25, -0.2) is 4.98 Å². The van der Waals surface area contributed by atoms with Crippen molar-refractivity contribution in [1.29, 1.82) is 0 Å². The van der Waals surface area contributed by atoms with Crippen LogP contribution in [0.5, 0.6) is 0 Å². The van der Waals surface area contributed by atoms with Gasteiger partial charge in [-0.3, -0.25) is 0 Å². The highest BCUT2D eigenvalue weighted by molar-refractivity contribution is 4.91. The van der Waals surface area contributed by atoms with Crippen LogP contribution in [0.25, 0.3) is 0 Å². The van der Waals surface area contributed by atoms with Crippen LogP contribution in [-0.2, 0) is 13.5 Å². The Morgan fingerprint density at radius 2 is 2.44 bits per heavy atom. The molecule has 1 saturated heterocycles. The summed E-state index contributed by atoms with van der Waals surface area (Å²) < 4.78 is 2.09. The molecule has 0 saturated carbocycles. The highest BCUT2D eigenvalue weighted by Gasteiger charge is 2.15. The number of aromatic nitrogens is 2. The van der Waals surface area contributed by atoms with Gasteiger partial charge in [-0.15, -0.1) is 0 Å². The van der Waals surface area contributed by atoms with Gasteiger partial charge >= 0.3 is 0 Å². The smallest absolute Gasteiger partial charge is 0.109 e. The highest BCUT2D eigenvalue weighted by atomic mass is 15.0. The number of hydrogen-bond acceptors (Lipinski definition) is 3. The lowest BCUT2D eigenvalue weighted by molar-refractivity contribution is 0.345. The number of nitrogens with one attached hydrogen (secondary N) is 2. The molecule has 0 aromatic carbocycles. The molecule has 1 aromatic rings. The minimum Gasteiger partial charge on any atom is -0.338 e. The Bertz CT molecular complexity index is 341. The van der Waals surface area contributed by atoms with Crippen molar-refractivity contribution in [2.24, 2.45) is 7.05 Å². The second kappa shape index (κ2) is 6.90. The summed E-state index contributed by atoms with van der Waals surface area (Å²) in [5.41, 5.74) is 0. The maximum atomic E-state index is 4.34. The Labute approximate surface area is 110 Å². The predicted octanol–water partition coefficient (Wildman–Crippen LogP) is 1.47. The molecule has 0 aliphatic carbocycles. The maximum absolute atomic E-state index is 4.34. The average Bonchev–Trinajstić information content (AvgIpc) is 2.76. The average molecular weight is 250 g/mol. The van der Waals surface area contributed by atoms with E-state index < -0.39 is 0 Å². The molecule has 102 valence electrons. The van der Waals surface area contributed by atoms with Crippen LogP contribution in [0.4, 0.5) is 0 Å². The van der Waals surface area contributed by atoms with E-state index in [4.69, 9.17) is 0 Å². The topological polar surface area (TPSA) is 41.9 Å². The van der Waals surface area contributed by atoms with Crippen LogP contribution < -0.4 is 10.6 Å². The van der Waals surface area contributed by atoms with E-state index in [1.807, 2.05) is 12.4 Å². The fourth-order valence-electron chi connectivity index (χ4n) is 2.70. The molecule has 1 fully saturated rings. The molecule has 2 atom stereocenters. The van der Waals surface area contributed by atoms with Gasteiger partial charge in [0.2, 0.25) is 0 Å². The first-order valence-corrected chi connectivity index (χ1v) is 7.18. The quantitative estimate of drug-likeness (QED) is 0.803. The Morgan fingerprint density at radius 1 is 1.56 bits per heavy atom. The van der Waals surface area contributed by atoms with Crippen molar-refractivity contribution in [3.63, 3.8) is 0 Å². The second-order valence-electron chi connectivity index (χ2n) is 5.44. The molecule has 4 nitrogen and oxygen atoms in total. The number of hydrogen-bond donors (Lipinski definition) is 2. The molecule has 1 aliphatic heterocycles.